The normalized spacial score (nSPS) is 15.1. The number of carbonyl (C=O) groups is 1. The highest BCUT2D eigenvalue weighted by atomic mass is 16.6. The standard InChI is InChI=1S/C28H25N3O4/c32-28(29-20-4-3-5-21(17-20)31-10-12-33-13-11-31)23-18-25(30-24-7-2-1-6-22(23)24)19-8-9-26-27(16-19)35-15-14-34-26/h1-9,16-18H,10-15H2,(H,29,32). The van der Waals surface area contributed by atoms with Crippen LogP contribution in [0.3, 0.4) is 0 Å². The summed E-state index contributed by atoms with van der Waals surface area (Å²) in [5.74, 6) is 1.23. The fraction of sp³-hybridized carbons (Fsp3) is 0.214. The van der Waals surface area contributed by atoms with Crippen LogP contribution in [0.1, 0.15) is 10.4 Å². The van der Waals surface area contributed by atoms with E-state index in [1.54, 1.807) is 0 Å². The largest absolute Gasteiger partial charge is 0.486 e. The van der Waals surface area contributed by atoms with Gasteiger partial charge in [-0.2, -0.15) is 0 Å². The molecule has 1 aromatic heterocycles. The number of morpholine rings is 1. The van der Waals surface area contributed by atoms with E-state index in [0.717, 1.165) is 46.7 Å². The van der Waals surface area contributed by atoms with Gasteiger partial charge in [-0.15, -0.1) is 0 Å². The first-order valence-electron chi connectivity index (χ1n) is 11.8. The van der Waals surface area contributed by atoms with E-state index < -0.39 is 0 Å². The molecule has 1 N–H and O–H groups in total. The number of nitrogens with one attached hydrogen (secondary N) is 1. The number of pyridine rings is 1. The van der Waals surface area contributed by atoms with Crippen molar-refractivity contribution in [2.45, 2.75) is 0 Å². The molecule has 1 saturated heterocycles. The number of hydrogen-bond donors (Lipinski definition) is 1. The monoisotopic (exact) mass is 467 g/mol. The summed E-state index contributed by atoms with van der Waals surface area (Å²) < 4.78 is 16.9. The Morgan fingerprint density at radius 3 is 2.54 bits per heavy atom. The minimum absolute atomic E-state index is 0.179. The third-order valence-electron chi connectivity index (χ3n) is 6.28. The van der Waals surface area contributed by atoms with Gasteiger partial charge in [-0.05, 0) is 48.5 Å². The maximum Gasteiger partial charge on any atom is 0.256 e. The van der Waals surface area contributed by atoms with Crippen LogP contribution in [0.2, 0.25) is 0 Å². The molecule has 6 rings (SSSR count). The Morgan fingerprint density at radius 1 is 0.829 bits per heavy atom. The number of benzene rings is 3. The molecule has 4 aromatic rings. The van der Waals surface area contributed by atoms with Crippen molar-refractivity contribution in [1.82, 2.24) is 4.98 Å². The molecule has 3 aromatic carbocycles. The molecule has 7 heteroatoms. The second-order valence-corrected chi connectivity index (χ2v) is 8.53. The van der Waals surface area contributed by atoms with Crippen LogP contribution in [0.4, 0.5) is 11.4 Å². The van der Waals surface area contributed by atoms with Gasteiger partial charge in [0.25, 0.3) is 5.91 Å². The van der Waals surface area contributed by atoms with Crippen molar-refractivity contribution >= 4 is 28.2 Å². The number of aromatic nitrogens is 1. The lowest BCUT2D eigenvalue weighted by atomic mass is 10.0. The summed E-state index contributed by atoms with van der Waals surface area (Å²) >= 11 is 0. The van der Waals surface area contributed by atoms with Crippen molar-refractivity contribution in [3.63, 3.8) is 0 Å². The number of hydrogen-bond acceptors (Lipinski definition) is 6. The molecule has 0 saturated carbocycles. The molecule has 1 fully saturated rings. The number of fused-ring (bicyclic) bond motifs is 2. The highest BCUT2D eigenvalue weighted by Gasteiger charge is 2.18. The zero-order valence-electron chi connectivity index (χ0n) is 19.2. The van der Waals surface area contributed by atoms with Gasteiger partial charge in [0, 0.05) is 35.4 Å². The molecule has 3 heterocycles. The van der Waals surface area contributed by atoms with E-state index in [9.17, 15) is 4.79 Å². The molecule has 0 atom stereocenters. The van der Waals surface area contributed by atoms with Gasteiger partial charge in [0.2, 0.25) is 0 Å². The molecule has 0 unspecified atom stereocenters. The molecule has 2 aliphatic heterocycles. The summed E-state index contributed by atoms with van der Waals surface area (Å²) in [7, 11) is 0. The van der Waals surface area contributed by atoms with Crippen molar-refractivity contribution in [2.24, 2.45) is 0 Å². The van der Waals surface area contributed by atoms with E-state index in [2.05, 4.69) is 16.3 Å². The highest BCUT2D eigenvalue weighted by molar-refractivity contribution is 6.13. The quantitative estimate of drug-likeness (QED) is 0.467. The van der Waals surface area contributed by atoms with Gasteiger partial charge >= 0.3 is 0 Å². The first-order chi connectivity index (χ1) is 17.2. The van der Waals surface area contributed by atoms with E-state index in [4.69, 9.17) is 19.2 Å². The van der Waals surface area contributed by atoms with Crippen molar-refractivity contribution in [1.29, 1.82) is 0 Å². The highest BCUT2D eigenvalue weighted by Crippen LogP contribution is 2.35. The number of ether oxygens (including phenoxy) is 3. The average molecular weight is 468 g/mol. The number of nitrogens with zero attached hydrogens (tertiary/aromatic N) is 2. The molecule has 0 radical (unpaired) electrons. The second kappa shape index (κ2) is 9.27. The van der Waals surface area contributed by atoms with Crippen LogP contribution in [0.15, 0.2) is 72.8 Å². The molecular weight excluding hydrogens is 442 g/mol. The Balaban J connectivity index is 1.34. The van der Waals surface area contributed by atoms with Gasteiger partial charge < -0.3 is 24.4 Å². The Morgan fingerprint density at radius 2 is 1.66 bits per heavy atom. The minimum atomic E-state index is -0.179. The lowest BCUT2D eigenvalue weighted by molar-refractivity contribution is 0.102. The zero-order valence-corrected chi connectivity index (χ0v) is 19.2. The smallest absolute Gasteiger partial charge is 0.256 e. The molecule has 0 bridgehead atoms. The first kappa shape index (κ1) is 21.4. The van der Waals surface area contributed by atoms with Crippen LogP contribution in [-0.4, -0.2) is 50.4 Å². The first-order valence-corrected chi connectivity index (χ1v) is 11.8. The number of amides is 1. The van der Waals surface area contributed by atoms with Crippen LogP contribution in [0.5, 0.6) is 11.5 Å². The van der Waals surface area contributed by atoms with Crippen molar-refractivity contribution in [3.05, 3.63) is 78.4 Å². The Hall–Kier alpha value is -4.10. The fourth-order valence-electron chi connectivity index (χ4n) is 4.51. The number of anilines is 2. The number of carbonyl (C=O) groups excluding carboxylic acids is 1. The van der Waals surface area contributed by atoms with Crippen molar-refractivity contribution in [3.8, 4) is 22.8 Å². The molecule has 1 amide bonds. The third kappa shape index (κ3) is 4.38. The summed E-state index contributed by atoms with van der Waals surface area (Å²) in [5.41, 5.74) is 4.71. The summed E-state index contributed by atoms with van der Waals surface area (Å²) in [6.07, 6.45) is 0. The maximum absolute atomic E-state index is 13.5. The van der Waals surface area contributed by atoms with Crippen LogP contribution in [0, 0.1) is 0 Å². The summed E-state index contributed by atoms with van der Waals surface area (Å²) in [4.78, 5) is 20.6. The predicted molar refractivity (Wildman–Crippen MR) is 136 cm³/mol. The van der Waals surface area contributed by atoms with E-state index in [1.165, 1.54) is 0 Å². The third-order valence-corrected chi connectivity index (χ3v) is 6.28. The van der Waals surface area contributed by atoms with Crippen molar-refractivity contribution < 1.29 is 19.0 Å². The van der Waals surface area contributed by atoms with Gasteiger partial charge in [0.15, 0.2) is 11.5 Å². The van der Waals surface area contributed by atoms with Gasteiger partial charge in [0.1, 0.15) is 13.2 Å². The SMILES string of the molecule is O=C(Nc1cccc(N2CCOCC2)c1)c1cc(-c2ccc3c(c2)OCCO3)nc2ccccc12. The van der Waals surface area contributed by atoms with E-state index in [-0.39, 0.29) is 5.91 Å². The lowest BCUT2D eigenvalue weighted by Crippen LogP contribution is -2.36. The minimum Gasteiger partial charge on any atom is -0.486 e. The van der Waals surface area contributed by atoms with E-state index >= 15 is 0 Å². The number of para-hydroxylation sites is 1. The fourth-order valence-corrected chi connectivity index (χ4v) is 4.51. The van der Waals surface area contributed by atoms with Crippen LogP contribution in [-0.2, 0) is 4.74 Å². The van der Waals surface area contributed by atoms with Crippen molar-refractivity contribution in [2.75, 3.05) is 49.7 Å². The maximum atomic E-state index is 13.5. The second-order valence-electron chi connectivity index (χ2n) is 8.53. The predicted octanol–water partition coefficient (Wildman–Crippen LogP) is 4.76. The van der Waals surface area contributed by atoms with Crippen LogP contribution < -0.4 is 19.7 Å². The molecule has 0 spiro atoms. The van der Waals surface area contributed by atoms with Gasteiger partial charge in [0.05, 0.1) is 30.0 Å². The Labute approximate surface area is 203 Å². The lowest BCUT2D eigenvalue weighted by Gasteiger charge is -2.29. The van der Waals surface area contributed by atoms with E-state index in [0.29, 0.717) is 43.4 Å². The molecule has 176 valence electrons. The Bertz CT molecular complexity index is 1400. The van der Waals surface area contributed by atoms with Gasteiger partial charge in [-0.1, -0.05) is 24.3 Å². The zero-order chi connectivity index (χ0) is 23.6. The molecular formula is C28H25N3O4. The molecule has 7 nitrogen and oxygen atoms in total. The number of rotatable bonds is 4. The summed E-state index contributed by atoms with van der Waals surface area (Å²) in [6.45, 7) is 4.15. The topological polar surface area (TPSA) is 72.9 Å². The molecule has 35 heavy (non-hydrogen) atoms. The summed E-state index contributed by atoms with van der Waals surface area (Å²) in [6, 6.07) is 23.2. The van der Waals surface area contributed by atoms with Crippen LogP contribution in [0.25, 0.3) is 22.2 Å². The summed E-state index contributed by atoms with van der Waals surface area (Å²) in [5, 5.41) is 3.89. The average Bonchev–Trinajstić information content (AvgIpc) is 2.93. The van der Waals surface area contributed by atoms with E-state index in [1.807, 2.05) is 66.7 Å². The van der Waals surface area contributed by atoms with Gasteiger partial charge in [-0.25, -0.2) is 4.98 Å². The van der Waals surface area contributed by atoms with Crippen LogP contribution >= 0.6 is 0 Å². The Kier molecular flexibility index (Phi) is 5.68. The molecule has 2 aliphatic rings. The van der Waals surface area contributed by atoms with Gasteiger partial charge in [-0.3, -0.25) is 4.79 Å². The molecule has 0 aliphatic carbocycles.